The van der Waals surface area contributed by atoms with Crippen LogP contribution in [-0.2, 0) is 0 Å². The van der Waals surface area contributed by atoms with Crippen LogP contribution < -0.4 is 0 Å². The molecule has 1 saturated heterocycles. The average molecular weight is 210 g/mol. The monoisotopic (exact) mass is 209 g/mol. The third-order valence-electron chi connectivity index (χ3n) is 2.97. The Balaban J connectivity index is 2.18. The Labute approximate surface area is 90.7 Å². The molecule has 0 amide bonds. The van der Waals surface area contributed by atoms with Gasteiger partial charge in [-0.3, -0.25) is 0 Å². The van der Waals surface area contributed by atoms with Crippen LogP contribution in [-0.4, -0.2) is 25.0 Å². The topological polar surface area (TPSA) is 3.24 Å². The Morgan fingerprint density at radius 2 is 2.14 bits per heavy atom. The third-order valence-corrected chi connectivity index (χ3v) is 3.31. The smallest absolute Gasteiger partial charge is 0.0441 e. The molecule has 1 atom stereocenters. The van der Waals surface area contributed by atoms with Gasteiger partial charge in [0.1, 0.15) is 0 Å². The van der Waals surface area contributed by atoms with Gasteiger partial charge in [-0.05, 0) is 44.0 Å². The first-order chi connectivity index (χ1) is 6.77. The number of piperidine rings is 1. The summed E-state index contributed by atoms with van der Waals surface area (Å²) in [7, 11) is 2.18. The highest BCUT2D eigenvalue weighted by Crippen LogP contribution is 2.30. The zero-order valence-corrected chi connectivity index (χ0v) is 9.30. The molecule has 1 unspecified atom stereocenters. The number of hydrogen-bond donors (Lipinski definition) is 0. The lowest BCUT2D eigenvalue weighted by Gasteiger charge is -2.30. The quantitative estimate of drug-likeness (QED) is 0.687. The van der Waals surface area contributed by atoms with Crippen molar-refractivity contribution in [1.29, 1.82) is 0 Å². The predicted molar refractivity (Wildman–Crippen MR) is 60.9 cm³/mol. The van der Waals surface area contributed by atoms with Crippen LogP contribution in [0.1, 0.15) is 24.3 Å². The van der Waals surface area contributed by atoms with E-state index in [2.05, 4.69) is 24.1 Å². The van der Waals surface area contributed by atoms with Gasteiger partial charge in [0, 0.05) is 11.6 Å². The van der Waals surface area contributed by atoms with Gasteiger partial charge in [0.25, 0.3) is 0 Å². The fourth-order valence-electron chi connectivity index (χ4n) is 2.23. The fraction of sp³-hybridized carbons (Fsp3) is 0.500. The number of likely N-dealkylation sites (N-methyl/N-ethyl adjacent to an activating group) is 1. The minimum Gasteiger partial charge on any atom is -0.306 e. The molecule has 0 radical (unpaired) electrons. The molecule has 0 bridgehead atoms. The Kier molecular flexibility index (Phi) is 3.09. The predicted octanol–water partition coefficient (Wildman–Crippen LogP) is 3.15. The van der Waals surface area contributed by atoms with Crippen molar-refractivity contribution in [1.82, 2.24) is 4.90 Å². The van der Waals surface area contributed by atoms with E-state index in [-0.39, 0.29) is 0 Å². The minimum atomic E-state index is 0.627. The van der Waals surface area contributed by atoms with Crippen molar-refractivity contribution < 1.29 is 0 Å². The van der Waals surface area contributed by atoms with Gasteiger partial charge in [-0.2, -0.15) is 0 Å². The lowest BCUT2D eigenvalue weighted by molar-refractivity contribution is 0.251. The second kappa shape index (κ2) is 4.33. The maximum Gasteiger partial charge on any atom is 0.0441 e. The Hall–Kier alpha value is -0.530. The second-order valence-electron chi connectivity index (χ2n) is 4.12. The Morgan fingerprint density at radius 1 is 1.36 bits per heavy atom. The van der Waals surface area contributed by atoms with E-state index in [1.54, 1.807) is 0 Å². The van der Waals surface area contributed by atoms with Gasteiger partial charge in [0.05, 0.1) is 0 Å². The summed E-state index contributed by atoms with van der Waals surface area (Å²) in [4.78, 5) is 2.39. The van der Waals surface area contributed by atoms with Crippen molar-refractivity contribution in [3.63, 3.8) is 0 Å². The number of benzene rings is 1. The van der Waals surface area contributed by atoms with Crippen LogP contribution in [0.3, 0.4) is 0 Å². The summed E-state index contributed by atoms with van der Waals surface area (Å²) in [6, 6.07) is 8.23. The molecule has 1 nitrogen and oxygen atoms in total. The third kappa shape index (κ3) is 2.10. The molecule has 0 aliphatic carbocycles. The van der Waals surface area contributed by atoms with Crippen molar-refractivity contribution in [3.8, 4) is 0 Å². The molecule has 0 spiro atoms. The lowest BCUT2D eigenvalue weighted by Crippen LogP contribution is -2.30. The van der Waals surface area contributed by atoms with Gasteiger partial charge < -0.3 is 4.90 Å². The molecule has 2 rings (SSSR count). The number of rotatable bonds is 1. The fourth-order valence-corrected chi connectivity index (χ4v) is 2.52. The van der Waals surface area contributed by atoms with Gasteiger partial charge in [-0.15, -0.1) is 0 Å². The summed E-state index contributed by atoms with van der Waals surface area (Å²) < 4.78 is 0. The van der Waals surface area contributed by atoms with Gasteiger partial charge in [0.2, 0.25) is 0 Å². The van der Waals surface area contributed by atoms with Crippen molar-refractivity contribution in [2.24, 2.45) is 0 Å². The van der Waals surface area contributed by atoms with Gasteiger partial charge >= 0.3 is 0 Å². The van der Waals surface area contributed by atoms with Crippen molar-refractivity contribution in [2.45, 2.75) is 18.8 Å². The highest BCUT2D eigenvalue weighted by Gasteiger charge is 2.20. The number of nitrogens with zero attached hydrogens (tertiary/aromatic N) is 1. The van der Waals surface area contributed by atoms with Crippen molar-refractivity contribution in [2.75, 3.05) is 20.1 Å². The van der Waals surface area contributed by atoms with E-state index in [1.807, 2.05) is 12.1 Å². The molecule has 1 fully saturated rings. The first kappa shape index (κ1) is 10.0. The first-order valence-electron chi connectivity index (χ1n) is 5.20. The van der Waals surface area contributed by atoms with Crippen LogP contribution in [0.4, 0.5) is 0 Å². The summed E-state index contributed by atoms with van der Waals surface area (Å²) in [6.07, 6.45) is 2.56. The number of halogens is 1. The van der Waals surface area contributed by atoms with Gasteiger partial charge in [0.15, 0.2) is 0 Å². The van der Waals surface area contributed by atoms with Gasteiger partial charge in [-0.1, -0.05) is 29.8 Å². The highest BCUT2D eigenvalue weighted by atomic mass is 35.5. The average Bonchev–Trinajstić information content (AvgIpc) is 2.18. The lowest BCUT2D eigenvalue weighted by atomic mass is 9.91. The highest BCUT2D eigenvalue weighted by molar-refractivity contribution is 6.31. The zero-order chi connectivity index (χ0) is 9.97. The van der Waals surface area contributed by atoms with E-state index in [0.29, 0.717) is 5.92 Å². The maximum absolute atomic E-state index is 6.19. The molecule has 14 heavy (non-hydrogen) atoms. The van der Waals surface area contributed by atoms with Crippen molar-refractivity contribution in [3.05, 3.63) is 34.9 Å². The van der Waals surface area contributed by atoms with E-state index in [4.69, 9.17) is 11.6 Å². The standard InChI is InChI=1S/C12H16ClN/c1-14-8-4-5-10(9-14)11-6-2-3-7-12(11)13/h2-3,6-7,10H,4-5,8-9H2,1H3. The van der Waals surface area contributed by atoms with Crippen LogP contribution >= 0.6 is 11.6 Å². The van der Waals surface area contributed by atoms with Crippen LogP contribution in [0, 0.1) is 0 Å². The molecule has 2 heteroatoms. The summed E-state index contributed by atoms with van der Waals surface area (Å²) >= 11 is 6.19. The largest absolute Gasteiger partial charge is 0.306 e. The van der Waals surface area contributed by atoms with Crippen LogP contribution in [0.25, 0.3) is 0 Å². The summed E-state index contributed by atoms with van der Waals surface area (Å²) in [5.41, 5.74) is 1.32. The summed E-state index contributed by atoms with van der Waals surface area (Å²) in [6.45, 7) is 2.37. The molecule has 1 aliphatic heterocycles. The SMILES string of the molecule is CN1CCCC(c2ccccc2Cl)C1. The summed E-state index contributed by atoms with van der Waals surface area (Å²) in [5.74, 6) is 0.627. The molecule has 0 saturated carbocycles. The molecule has 1 aromatic carbocycles. The van der Waals surface area contributed by atoms with E-state index in [0.717, 1.165) is 11.6 Å². The van der Waals surface area contributed by atoms with Crippen LogP contribution in [0.5, 0.6) is 0 Å². The molecule has 0 N–H and O–H groups in total. The molecule has 0 aromatic heterocycles. The molecular weight excluding hydrogens is 194 g/mol. The van der Waals surface area contributed by atoms with Gasteiger partial charge in [-0.25, -0.2) is 0 Å². The Morgan fingerprint density at radius 3 is 2.86 bits per heavy atom. The zero-order valence-electron chi connectivity index (χ0n) is 8.54. The van der Waals surface area contributed by atoms with E-state index >= 15 is 0 Å². The van der Waals surface area contributed by atoms with E-state index in [9.17, 15) is 0 Å². The number of likely N-dealkylation sites (tertiary alicyclic amines) is 1. The minimum absolute atomic E-state index is 0.627. The maximum atomic E-state index is 6.19. The summed E-state index contributed by atoms with van der Waals surface area (Å²) in [5, 5.41) is 0.924. The molecule has 1 aromatic rings. The normalized spacial score (nSPS) is 23.7. The second-order valence-corrected chi connectivity index (χ2v) is 4.53. The number of hydrogen-bond acceptors (Lipinski definition) is 1. The molecular formula is C12H16ClN. The van der Waals surface area contributed by atoms with Crippen LogP contribution in [0.15, 0.2) is 24.3 Å². The van der Waals surface area contributed by atoms with Crippen molar-refractivity contribution >= 4 is 11.6 Å². The molecule has 76 valence electrons. The first-order valence-corrected chi connectivity index (χ1v) is 5.58. The van der Waals surface area contributed by atoms with E-state index < -0.39 is 0 Å². The van der Waals surface area contributed by atoms with Crippen LogP contribution in [0.2, 0.25) is 5.02 Å². The Bertz CT molecular complexity index is 311. The molecule has 1 aliphatic rings. The molecule has 1 heterocycles. The van der Waals surface area contributed by atoms with E-state index in [1.165, 1.54) is 24.9 Å².